The Kier molecular flexibility index (Phi) is 4.09. The molecule has 0 bridgehead atoms. The molecule has 0 unspecified atom stereocenters. The highest BCUT2D eigenvalue weighted by Crippen LogP contribution is 2.34. The molecule has 0 aliphatic carbocycles. The number of likely N-dealkylation sites (tertiary alicyclic amines) is 1. The molecule has 1 aromatic heterocycles. The summed E-state index contributed by atoms with van der Waals surface area (Å²) >= 11 is 0. The van der Waals surface area contributed by atoms with Crippen LogP contribution in [0, 0.1) is 0 Å². The van der Waals surface area contributed by atoms with Gasteiger partial charge >= 0.3 is 0 Å². The van der Waals surface area contributed by atoms with E-state index in [2.05, 4.69) is 5.10 Å². The molecule has 25 heavy (non-hydrogen) atoms. The number of aromatic nitrogens is 2. The maximum absolute atomic E-state index is 13.1. The van der Waals surface area contributed by atoms with Crippen LogP contribution >= 0.6 is 0 Å². The number of nitrogens with zero attached hydrogens (tertiary/aromatic N) is 3. The van der Waals surface area contributed by atoms with E-state index in [4.69, 9.17) is 14.2 Å². The van der Waals surface area contributed by atoms with Crippen molar-refractivity contribution in [3.05, 3.63) is 41.7 Å². The molecule has 2 aromatic rings. The fourth-order valence-corrected chi connectivity index (χ4v) is 3.61. The van der Waals surface area contributed by atoms with Gasteiger partial charge in [-0.2, -0.15) is 5.10 Å². The van der Waals surface area contributed by atoms with Crippen LogP contribution in [0.25, 0.3) is 0 Å². The molecule has 1 aromatic carbocycles. The zero-order valence-electron chi connectivity index (χ0n) is 14.3. The summed E-state index contributed by atoms with van der Waals surface area (Å²) in [5, 5.41) is 4.22. The highest BCUT2D eigenvalue weighted by molar-refractivity contribution is 5.95. The third kappa shape index (κ3) is 2.95. The number of benzene rings is 1. The second-order valence-electron chi connectivity index (χ2n) is 6.42. The van der Waals surface area contributed by atoms with Crippen LogP contribution in [0.15, 0.2) is 30.6 Å². The lowest BCUT2D eigenvalue weighted by Crippen LogP contribution is -2.41. The van der Waals surface area contributed by atoms with Gasteiger partial charge in [0.2, 0.25) is 6.79 Å². The van der Waals surface area contributed by atoms with E-state index in [1.54, 1.807) is 30.0 Å². The first-order valence-electron chi connectivity index (χ1n) is 8.36. The molecule has 2 aliphatic heterocycles. The Bertz CT molecular complexity index is 788. The Labute approximate surface area is 146 Å². The number of ether oxygens (including phenoxy) is 3. The van der Waals surface area contributed by atoms with Crippen LogP contribution in [0.2, 0.25) is 0 Å². The van der Waals surface area contributed by atoms with E-state index < -0.39 is 0 Å². The third-order valence-electron chi connectivity index (χ3n) is 4.87. The maximum Gasteiger partial charge on any atom is 0.254 e. The normalized spacial score (nSPS) is 21.8. The van der Waals surface area contributed by atoms with E-state index in [1.165, 1.54) is 0 Å². The number of fused-ring (bicyclic) bond motifs is 1. The van der Waals surface area contributed by atoms with Gasteiger partial charge in [-0.05, 0) is 36.6 Å². The molecule has 1 fully saturated rings. The minimum absolute atomic E-state index is 0.00729. The highest BCUT2D eigenvalue weighted by atomic mass is 16.7. The number of aryl methyl sites for hydroxylation is 1. The average Bonchev–Trinajstić information content (AvgIpc) is 3.33. The van der Waals surface area contributed by atoms with Crippen LogP contribution in [0.3, 0.4) is 0 Å². The Balaban J connectivity index is 1.57. The Morgan fingerprint density at radius 1 is 1.36 bits per heavy atom. The molecule has 0 spiro atoms. The number of amides is 1. The van der Waals surface area contributed by atoms with Gasteiger partial charge in [0.25, 0.3) is 5.91 Å². The molecular weight excluding hydrogens is 322 g/mol. The number of rotatable bonds is 4. The topological polar surface area (TPSA) is 65.8 Å². The summed E-state index contributed by atoms with van der Waals surface area (Å²) in [6.45, 7) is 0.878. The minimum atomic E-state index is -0.00765. The van der Waals surface area contributed by atoms with Gasteiger partial charge in [-0.15, -0.1) is 0 Å². The van der Waals surface area contributed by atoms with E-state index >= 15 is 0 Å². The van der Waals surface area contributed by atoms with E-state index in [0.29, 0.717) is 23.6 Å². The number of hydrogen-bond acceptors (Lipinski definition) is 5. The predicted octanol–water partition coefficient (Wildman–Crippen LogP) is 1.62. The first kappa shape index (κ1) is 16.0. The number of methoxy groups -OCH3 is 1. The van der Waals surface area contributed by atoms with Gasteiger partial charge in [-0.3, -0.25) is 9.48 Å². The van der Waals surface area contributed by atoms with Gasteiger partial charge in [0.15, 0.2) is 11.5 Å². The molecule has 0 N–H and O–H groups in total. The average molecular weight is 343 g/mol. The van der Waals surface area contributed by atoms with Gasteiger partial charge in [0.1, 0.15) is 0 Å². The number of hydrogen-bond donors (Lipinski definition) is 0. The van der Waals surface area contributed by atoms with Crippen molar-refractivity contribution >= 4 is 5.91 Å². The summed E-state index contributed by atoms with van der Waals surface area (Å²) in [4.78, 5) is 15.0. The molecule has 4 rings (SSSR count). The van der Waals surface area contributed by atoms with E-state index in [1.807, 2.05) is 24.3 Å². The van der Waals surface area contributed by atoms with Crippen molar-refractivity contribution in [1.82, 2.24) is 14.7 Å². The summed E-state index contributed by atoms with van der Waals surface area (Å²) < 4.78 is 18.1. The van der Waals surface area contributed by atoms with Crippen molar-refractivity contribution in [1.29, 1.82) is 0 Å². The van der Waals surface area contributed by atoms with Crippen molar-refractivity contribution < 1.29 is 19.0 Å². The van der Waals surface area contributed by atoms with Crippen molar-refractivity contribution in [2.24, 2.45) is 7.05 Å². The fourth-order valence-electron chi connectivity index (χ4n) is 3.61. The van der Waals surface area contributed by atoms with Crippen molar-refractivity contribution in [3.63, 3.8) is 0 Å². The molecule has 132 valence electrons. The fraction of sp³-hybridized carbons (Fsp3) is 0.444. The number of carbonyl (C=O) groups is 1. The SMILES string of the molecule is CO[C@@H]1CCN(C(=O)c2ccc3c(c2)OCO3)[C@@H]1Cc1cnn(C)c1. The highest BCUT2D eigenvalue weighted by Gasteiger charge is 2.38. The molecule has 0 saturated carbocycles. The first-order valence-corrected chi connectivity index (χ1v) is 8.36. The van der Waals surface area contributed by atoms with Crippen LogP contribution in [-0.2, 0) is 18.2 Å². The van der Waals surface area contributed by atoms with Gasteiger partial charge in [-0.1, -0.05) is 0 Å². The third-order valence-corrected chi connectivity index (χ3v) is 4.87. The molecule has 1 amide bonds. The van der Waals surface area contributed by atoms with Crippen LogP contribution < -0.4 is 9.47 Å². The summed E-state index contributed by atoms with van der Waals surface area (Å²) in [6, 6.07) is 5.32. The van der Waals surface area contributed by atoms with Crippen molar-refractivity contribution in [3.8, 4) is 11.5 Å². The van der Waals surface area contributed by atoms with Crippen molar-refractivity contribution in [2.75, 3.05) is 20.4 Å². The standard InChI is InChI=1S/C18H21N3O4/c1-20-10-12(9-19-20)7-14-15(23-2)5-6-21(14)18(22)13-3-4-16-17(8-13)25-11-24-16/h3-4,8-10,14-15H,5-7,11H2,1-2H3/t14-,15-/m1/s1. The Hall–Kier alpha value is -2.54. The lowest BCUT2D eigenvalue weighted by Gasteiger charge is -2.27. The molecule has 1 saturated heterocycles. The van der Waals surface area contributed by atoms with Crippen LogP contribution in [-0.4, -0.2) is 53.2 Å². The van der Waals surface area contributed by atoms with Crippen LogP contribution in [0.4, 0.5) is 0 Å². The van der Waals surface area contributed by atoms with Crippen LogP contribution in [0.5, 0.6) is 11.5 Å². The van der Waals surface area contributed by atoms with E-state index in [9.17, 15) is 4.79 Å². The van der Waals surface area contributed by atoms with Gasteiger partial charge < -0.3 is 19.1 Å². The van der Waals surface area contributed by atoms with Gasteiger partial charge in [-0.25, -0.2) is 0 Å². The molecular formula is C18H21N3O4. The summed E-state index contributed by atoms with van der Waals surface area (Å²) in [5.41, 5.74) is 1.71. The monoisotopic (exact) mass is 343 g/mol. The zero-order valence-corrected chi connectivity index (χ0v) is 14.3. The molecule has 2 aliphatic rings. The summed E-state index contributed by atoms with van der Waals surface area (Å²) in [7, 11) is 3.59. The molecule has 3 heterocycles. The molecule has 7 nitrogen and oxygen atoms in total. The largest absolute Gasteiger partial charge is 0.454 e. The summed E-state index contributed by atoms with van der Waals surface area (Å²) in [6.07, 6.45) is 5.40. The lowest BCUT2D eigenvalue weighted by atomic mass is 10.0. The smallest absolute Gasteiger partial charge is 0.254 e. The first-order chi connectivity index (χ1) is 12.2. The van der Waals surface area contributed by atoms with E-state index in [0.717, 1.165) is 18.4 Å². The second-order valence-corrected chi connectivity index (χ2v) is 6.42. The molecule has 2 atom stereocenters. The molecule has 0 radical (unpaired) electrons. The van der Waals surface area contributed by atoms with Crippen molar-refractivity contribution in [2.45, 2.75) is 25.0 Å². The molecule has 7 heteroatoms. The second kappa shape index (κ2) is 6.40. The minimum Gasteiger partial charge on any atom is -0.454 e. The summed E-state index contributed by atoms with van der Waals surface area (Å²) in [5.74, 6) is 1.29. The quantitative estimate of drug-likeness (QED) is 0.844. The lowest BCUT2D eigenvalue weighted by molar-refractivity contribution is 0.0508. The van der Waals surface area contributed by atoms with Gasteiger partial charge in [0.05, 0.1) is 18.3 Å². The predicted molar refractivity (Wildman–Crippen MR) is 89.7 cm³/mol. The van der Waals surface area contributed by atoms with Crippen LogP contribution in [0.1, 0.15) is 22.3 Å². The maximum atomic E-state index is 13.1. The Morgan fingerprint density at radius 2 is 2.20 bits per heavy atom. The van der Waals surface area contributed by atoms with E-state index in [-0.39, 0.29) is 24.8 Å². The Morgan fingerprint density at radius 3 is 2.96 bits per heavy atom. The zero-order chi connectivity index (χ0) is 17.4. The number of carbonyl (C=O) groups excluding carboxylic acids is 1. The van der Waals surface area contributed by atoms with Gasteiger partial charge in [0, 0.05) is 32.5 Å².